The van der Waals surface area contributed by atoms with Crippen molar-refractivity contribution >= 4 is 28.9 Å². The van der Waals surface area contributed by atoms with Crippen LogP contribution in [0.5, 0.6) is 0 Å². The molecule has 224 valence electrons. The van der Waals surface area contributed by atoms with E-state index in [4.69, 9.17) is 4.74 Å². The third kappa shape index (κ3) is 6.30. The van der Waals surface area contributed by atoms with Crippen molar-refractivity contribution in [1.29, 1.82) is 0 Å². The second kappa shape index (κ2) is 11.6. The molecule has 5 heterocycles. The second-order valence-electron chi connectivity index (χ2n) is 12.1. The third-order valence-corrected chi connectivity index (χ3v) is 8.01. The van der Waals surface area contributed by atoms with Gasteiger partial charge in [-0.3, -0.25) is 0 Å². The van der Waals surface area contributed by atoms with Gasteiger partial charge in [-0.2, -0.15) is 5.10 Å². The van der Waals surface area contributed by atoms with Gasteiger partial charge in [-0.25, -0.2) is 28.7 Å². The van der Waals surface area contributed by atoms with Crippen molar-refractivity contribution in [3.05, 3.63) is 83.8 Å². The molecule has 0 saturated carbocycles. The maximum absolute atomic E-state index is 13.3. The van der Waals surface area contributed by atoms with Crippen LogP contribution in [0.1, 0.15) is 56.7 Å². The second-order valence-corrected chi connectivity index (χ2v) is 12.1. The lowest BCUT2D eigenvalue weighted by atomic mass is 9.95. The Bertz CT molecular complexity index is 1620. The Labute approximate surface area is 250 Å². The molecule has 11 heteroatoms. The topological polar surface area (TPSA) is 92.0 Å². The van der Waals surface area contributed by atoms with Gasteiger partial charge < -0.3 is 19.4 Å². The van der Waals surface area contributed by atoms with Gasteiger partial charge in [0.15, 0.2) is 5.82 Å². The maximum Gasteiger partial charge on any atom is 0.410 e. The Hall–Kier alpha value is -4.54. The van der Waals surface area contributed by atoms with Crippen molar-refractivity contribution in [1.82, 2.24) is 29.5 Å². The highest BCUT2D eigenvalue weighted by Crippen LogP contribution is 2.29. The van der Waals surface area contributed by atoms with Crippen molar-refractivity contribution in [2.45, 2.75) is 45.6 Å². The highest BCUT2D eigenvalue weighted by Gasteiger charge is 2.26. The van der Waals surface area contributed by atoms with E-state index in [9.17, 15) is 9.18 Å². The molecule has 6 rings (SSSR count). The quantitative estimate of drug-likeness (QED) is 0.318. The largest absolute Gasteiger partial charge is 0.444 e. The van der Waals surface area contributed by atoms with Crippen LogP contribution in [-0.2, 0) is 4.74 Å². The molecule has 4 aromatic rings. The first-order chi connectivity index (χ1) is 20.6. The van der Waals surface area contributed by atoms with E-state index >= 15 is 0 Å². The van der Waals surface area contributed by atoms with Crippen LogP contribution >= 0.6 is 0 Å². The third-order valence-electron chi connectivity index (χ3n) is 8.01. The zero-order valence-corrected chi connectivity index (χ0v) is 25.1. The molecule has 43 heavy (non-hydrogen) atoms. The summed E-state index contributed by atoms with van der Waals surface area (Å²) in [5.41, 5.74) is 4.75. The number of hydrogen-bond donors (Lipinski definition) is 0. The number of carbonyl (C=O) groups excluding carboxylic acids is 1. The van der Waals surface area contributed by atoms with Crippen molar-refractivity contribution in [3.63, 3.8) is 0 Å². The lowest BCUT2D eigenvalue weighted by molar-refractivity contribution is 0.0270. The Morgan fingerprint density at radius 1 is 0.953 bits per heavy atom. The van der Waals surface area contributed by atoms with E-state index in [-0.39, 0.29) is 17.8 Å². The van der Waals surface area contributed by atoms with Gasteiger partial charge in [0.1, 0.15) is 23.3 Å². The Balaban J connectivity index is 1.10. The monoisotopic (exact) mass is 584 g/mol. The number of aromatic nitrogens is 5. The predicted octanol–water partition coefficient (Wildman–Crippen LogP) is 5.16. The summed E-state index contributed by atoms with van der Waals surface area (Å²) in [6, 6.07) is 8.71. The summed E-state index contributed by atoms with van der Waals surface area (Å²) in [5.74, 6) is 1.44. The average molecular weight is 585 g/mol. The van der Waals surface area contributed by atoms with Gasteiger partial charge in [0.05, 0.1) is 0 Å². The highest BCUT2D eigenvalue weighted by molar-refractivity contribution is 5.78. The van der Waals surface area contributed by atoms with Gasteiger partial charge in [0.25, 0.3) is 0 Å². The van der Waals surface area contributed by atoms with Gasteiger partial charge >= 0.3 is 6.09 Å². The van der Waals surface area contributed by atoms with Gasteiger partial charge in [0.2, 0.25) is 5.95 Å². The fourth-order valence-corrected chi connectivity index (χ4v) is 5.54. The first-order valence-corrected chi connectivity index (χ1v) is 14.7. The van der Waals surface area contributed by atoms with Crippen molar-refractivity contribution < 1.29 is 13.9 Å². The zero-order valence-electron chi connectivity index (χ0n) is 25.1. The molecule has 1 amide bonds. The van der Waals surface area contributed by atoms with Crippen molar-refractivity contribution in [3.8, 4) is 0 Å². The Kier molecular flexibility index (Phi) is 7.72. The van der Waals surface area contributed by atoms with Crippen LogP contribution in [0.3, 0.4) is 0 Å². The number of ether oxygens (including phenoxy) is 1. The van der Waals surface area contributed by atoms with Crippen LogP contribution in [0.15, 0.2) is 61.3 Å². The minimum absolute atomic E-state index is 0.0758. The summed E-state index contributed by atoms with van der Waals surface area (Å²) in [5, 5.41) is 4.46. The highest BCUT2D eigenvalue weighted by atomic mass is 19.1. The fraction of sp³-hybridized carbons (Fsp3) is 0.406. The number of halogens is 1. The van der Waals surface area contributed by atoms with Gasteiger partial charge in [-0.1, -0.05) is 25.1 Å². The Morgan fingerprint density at radius 3 is 2.30 bits per heavy atom. The van der Waals surface area contributed by atoms with E-state index in [1.807, 2.05) is 43.9 Å². The Morgan fingerprint density at radius 2 is 1.65 bits per heavy atom. The molecule has 1 fully saturated rings. The molecule has 10 nitrogen and oxygen atoms in total. The molecule has 0 radical (unpaired) electrons. The standard InChI is InChI=1S/C32H37FN8O2/c1-22(23-5-7-27(33)8-6-23)26-18-34-30(35-19-26)39-15-13-38(14-16-39)29-28-17-25(20-41(28)37-21-36-29)24-9-11-40(12-10-24)31(42)43-32(2,3)4/h5-9,17-22H,10-16H2,1-4H3. The molecule has 1 atom stereocenters. The molecule has 1 unspecified atom stereocenters. The molecule has 3 aromatic heterocycles. The summed E-state index contributed by atoms with van der Waals surface area (Å²) in [6.07, 6.45) is 9.93. The van der Waals surface area contributed by atoms with Gasteiger partial charge in [-0.15, -0.1) is 0 Å². The lowest BCUT2D eigenvalue weighted by Gasteiger charge is -2.35. The van der Waals surface area contributed by atoms with Crippen LogP contribution in [0.4, 0.5) is 21.0 Å². The summed E-state index contributed by atoms with van der Waals surface area (Å²) >= 11 is 0. The molecular formula is C32H37FN8O2. The number of hydrogen-bond acceptors (Lipinski definition) is 8. The summed E-state index contributed by atoms with van der Waals surface area (Å²) < 4.78 is 20.7. The van der Waals surface area contributed by atoms with Crippen LogP contribution in [-0.4, -0.2) is 80.4 Å². The van der Waals surface area contributed by atoms with Crippen LogP contribution < -0.4 is 9.80 Å². The number of rotatable bonds is 5. The van der Waals surface area contributed by atoms with Gasteiger partial charge in [-0.05, 0) is 67.7 Å². The van der Waals surface area contributed by atoms with E-state index < -0.39 is 5.60 Å². The molecule has 0 N–H and O–H groups in total. The summed E-state index contributed by atoms with van der Waals surface area (Å²) in [4.78, 5) is 32.6. The normalized spacial score (nSPS) is 16.8. The zero-order chi connectivity index (χ0) is 30.1. The van der Waals surface area contributed by atoms with E-state index in [1.54, 1.807) is 23.4 Å². The van der Waals surface area contributed by atoms with E-state index in [0.717, 1.165) is 60.6 Å². The van der Waals surface area contributed by atoms with E-state index in [2.05, 4.69) is 48.9 Å². The number of amides is 1. The van der Waals surface area contributed by atoms with Crippen LogP contribution in [0.2, 0.25) is 0 Å². The van der Waals surface area contributed by atoms with E-state index in [1.165, 1.54) is 17.7 Å². The number of anilines is 2. The average Bonchev–Trinajstić information content (AvgIpc) is 3.45. The molecule has 1 aromatic carbocycles. The first-order valence-electron chi connectivity index (χ1n) is 14.7. The number of fused-ring (bicyclic) bond motifs is 1. The van der Waals surface area contributed by atoms with Gasteiger partial charge in [0, 0.05) is 63.8 Å². The first kappa shape index (κ1) is 28.6. The van der Waals surface area contributed by atoms with Crippen molar-refractivity contribution in [2.24, 2.45) is 0 Å². The number of piperazine rings is 1. The lowest BCUT2D eigenvalue weighted by Crippen LogP contribution is -2.47. The minimum Gasteiger partial charge on any atom is -0.444 e. The minimum atomic E-state index is -0.510. The molecule has 1 saturated heterocycles. The molecule has 2 aliphatic rings. The number of carbonyl (C=O) groups is 1. The number of benzene rings is 1. The molecule has 0 aliphatic carbocycles. The summed E-state index contributed by atoms with van der Waals surface area (Å²) in [7, 11) is 0. The van der Waals surface area contributed by atoms with E-state index in [0.29, 0.717) is 19.0 Å². The molecule has 2 aliphatic heterocycles. The maximum atomic E-state index is 13.3. The molecular weight excluding hydrogens is 547 g/mol. The summed E-state index contributed by atoms with van der Waals surface area (Å²) in [6.45, 7) is 11.9. The van der Waals surface area contributed by atoms with Crippen LogP contribution in [0, 0.1) is 5.82 Å². The molecule has 0 spiro atoms. The SMILES string of the molecule is CC(c1ccc(F)cc1)c1cnc(N2CCN(c3ncnn4cc(C5=CCN(C(=O)OC(C)(C)C)CC5)cc34)CC2)nc1. The number of nitrogens with zero attached hydrogens (tertiary/aromatic N) is 8. The smallest absolute Gasteiger partial charge is 0.410 e. The van der Waals surface area contributed by atoms with Crippen molar-refractivity contribution in [2.75, 3.05) is 49.1 Å². The fourth-order valence-electron chi connectivity index (χ4n) is 5.54. The molecule has 0 bridgehead atoms. The van der Waals surface area contributed by atoms with Crippen LogP contribution in [0.25, 0.3) is 11.1 Å². The predicted molar refractivity (Wildman–Crippen MR) is 164 cm³/mol.